The van der Waals surface area contributed by atoms with Gasteiger partial charge in [-0.25, -0.2) is 0 Å². The van der Waals surface area contributed by atoms with E-state index in [0.29, 0.717) is 0 Å². The van der Waals surface area contributed by atoms with E-state index in [4.69, 9.17) is 8.83 Å². The van der Waals surface area contributed by atoms with Gasteiger partial charge < -0.3 is 13.7 Å². The Labute approximate surface area is 353 Å². The van der Waals surface area contributed by atoms with Crippen LogP contribution in [-0.2, 0) is 0 Å². The van der Waals surface area contributed by atoms with Crippen molar-refractivity contribution in [1.29, 1.82) is 0 Å². The topological polar surface area (TPSA) is 29.5 Å². The minimum Gasteiger partial charge on any atom is -0.456 e. The van der Waals surface area contributed by atoms with Crippen molar-refractivity contribution in [3.05, 3.63) is 224 Å². The van der Waals surface area contributed by atoms with Gasteiger partial charge in [-0.1, -0.05) is 176 Å². The Morgan fingerprint density at radius 2 is 0.820 bits per heavy atom. The van der Waals surface area contributed by atoms with Gasteiger partial charge in [0.2, 0.25) is 0 Å². The molecule has 0 N–H and O–H groups in total. The quantitative estimate of drug-likeness (QED) is 0.161. The Morgan fingerprint density at radius 3 is 1.57 bits per heavy atom. The predicted octanol–water partition coefficient (Wildman–Crippen LogP) is 16.8. The Hall–Kier alpha value is -8.14. The summed E-state index contributed by atoms with van der Waals surface area (Å²) in [7, 11) is 0. The van der Waals surface area contributed by atoms with Crippen LogP contribution < -0.4 is 4.90 Å². The van der Waals surface area contributed by atoms with Crippen molar-refractivity contribution in [3.8, 4) is 44.5 Å². The van der Waals surface area contributed by atoms with Gasteiger partial charge in [0.1, 0.15) is 22.3 Å². The van der Waals surface area contributed by atoms with Gasteiger partial charge in [0.05, 0.1) is 11.4 Å². The first kappa shape index (κ1) is 34.9. The minimum absolute atomic E-state index is 0.878. The minimum atomic E-state index is 0.878. The summed E-state index contributed by atoms with van der Waals surface area (Å²) in [5.74, 6) is 0. The third-order valence-electron chi connectivity index (χ3n) is 12.1. The molecule has 0 amide bonds. The van der Waals surface area contributed by atoms with Crippen molar-refractivity contribution in [2.75, 3.05) is 4.90 Å². The molecular formula is C58H37NO2. The number of benzene rings is 10. The number of hydrogen-bond acceptors (Lipinski definition) is 3. The van der Waals surface area contributed by atoms with Crippen molar-refractivity contribution in [1.82, 2.24) is 0 Å². The molecule has 3 heteroatoms. The molecule has 0 aliphatic heterocycles. The van der Waals surface area contributed by atoms with Crippen molar-refractivity contribution in [3.63, 3.8) is 0 Å². The van der Waals surface area contributed by atoms with E-state index in [1.807, 2.05) is 18.2 Å². The summed E-state index contributed by atoms with van der Waals surface area (Å²) in [6.07, 6.45) is 0. The van der Waals surface area contributed by atoms with Crippen LogP contribution in [0.5, 0.6) is 0 Å². The molecule has 0 saturated carbocycles. The number of anilines is 3. The van der Waals surface area contributed by atoms with Crippen LogP contribution in [0.25, 0.3) is 99.2 Å². The molecule has 0 fully saturated rings. The molecule has 0 saturated heterocycles. The first-order valence-electron chi connectivity index (χ1n) is 20.7. The Kier molecular flexibility index (Phi) is 8.17. The average Bonchev–Trinajstić information content (AvgIpc) is 3.91. The summed E-state index contributed by atoms with van der Waals surface area (Å²) in [6.45, 7) is 0. The van der Waals surface area contributed by atoms with E-state index in [2.05, 4.69) is 211 Å². The molecule has 61 heavy (non-hydrogen) atoms. The van der Waals surface area contributed by atoms with Gasteiger partial charge in [0.15, 0.2) is 0 Å². The number of nitrogens with zero attached hydrogens (tertiary/aromatic N) is 1. The number of furan rings is 2. The number of fused-ring (bicyclic) bond motifs is 7. The largest absolute Gasteiger partial charge is 0.456 e. The summed E-state index contributed by atoms with van der Waals surface area (Å²) < 4.78 is 12.8. The van der Waals surface area contributed by atoms with Crippen LogP contribution in [0.2, 0.25) is 0 Å². The van der Waals surface area contributed by atoms with Crippen LogP contribution in [0.1, 0.15) is 0 Å². The van der Waals surface area contributed by atoms with Gasteiger partial charge in [-0.3, -0.25) is 0 Å². The molecule has 0 radical (unpaired) electrons. The molecule has 2 heterocycles. The molecule has 0 aliphatic rings. The van der Waals surface area contributed by atoms with Gasteiger partial charge in [-0.2, -0.15) is 0 Å². The molecule has 286 valence electrons. The maximum absolute atomic E-state index is 6.67. The van der Waals surface area contributed by atoms with Crippen LogP contribution >= 0.6 is 0 Å². The molecule has 12 aromatic rings. The van der Waals surface area contributed by atoms with Gasteiger partial charge in [-0.15, -0.1) is 0 Å². The highest BCUT2D eigenvalue weighted by molar-refractivity contribution is 6.12. The van der Waals surface area contributed by atoms with Crippen LogP contribution in [-0.4, -0.2) is 0 Å². The molecule has 12 rings (SSSR count). The molecule has 0 spiro atoms. The molecule has 0 bridgehead atoms. The first-order chi connectivity index (χ1) is 30.3. The normalized spacial score (nSPS) is 11.6. The Morgan fingerprint density at radius 1 is 0.295 bits per heavy atom. The SMILES string of the molecule is c1ccc(-c2cccc3cccc(-c4ccccc4N(c4ccc(-c5ccc6oc7ccccc7c6c5)cc4)c4ccccc4-c4cccc5c4oc4ccccc45)c23)cc1. The van der Waals surface area contributed by atoms with Crippen molar-refractivity contribution in [2.45, 2.75) is 0 Å². The lowest BCUT2D eigenvalue weighted by molar-refractivity contribution is 0.669. The monoisotopic (exact) mass is 779 g/mol. The summed E-state index contributed by atoms with van der Waals surface area (Å²) in [4.78, 5) is 2.42. The lowest BCUT2D eigenvalue weighted by atomic mass is 9.90. The van der Waals surface area contributed by atoms with E-state index < -0.39 is 0 Å². The van der Waals surface area contributed by atoms with E-state index in [1.165, 1.54) is 27.5 Å². The fourth-order valence-electron chi connectivity index (χ4n) is 9.29. The average molecular weight is 780 g/mol. The van der Waals surface area contributed by atoms with E-state index in [-0.39, 0.29) is 0 Å². The van der Waals surface area contributed by atoms with Crippen LogP contribution in [0.15, 0.2) is 233 Å². The van der Waals surface area contributed by atoms with Crippen molar-refractivity contribution < 1.29 is 8.83 Å². The highest BCUT2D eigenvalue weighted by Gasteiger charge is 2.24. The molecular weight excluding hydrogens is 743 g/mol. The van der Waals surface area contributed by atoms with E-state index in [0.717, 1.165) is 88.8 Å². The lowest BCUT2D eigenvalue weighted by Crippen LogP contribution is -2.12. The van der Waals surface area contributed by atoms with Crippen molar-refractivity contribution in [2.24, 2.45) is 0 Å². The van der Waals surface area contributed by atoms with E-state index >= 15 is 0 Å². The van der Waals surface area contributed by atoms with E-state index in [9.17, 15) is 0 Å². The zero-order chi connectivity index (χ0) is 40.3. The second-order valence-electron chi connectivity index (χ2n) is 15.6. The number of hydrogen-bond donors (Lipinski definition) is 0. The van der Waals surface area contributed by atoms with Gasteiger partial charge >= 0.3 is 0 Å². The third kappa shape index (κ3) is 5.82. The number of para-hydroxylation sites is 5. The zero-order valence-electron chi connectivity index (χ0n) is 33.1. The van der Waals surface area contributed by atoms with Crippen molar-refractivity contribution >= 4 is 71.7 Å². The summed E-state index contributed by atoms with van der Waals surface area (Å²) in [6, 6.07) is 80.0. The Balaban J connectivity index is 1.08. The summed E-state index contributed by atoms with van der Waals surface area (Å²) in [5.41, 5.74) is 15.8. The maximum atomic E-state index is 6.67. The second-order valence-corrected chi connectivity index (χ2v) is 15.6. The third-order valence-corrected chi connectivity index (χ3v) is 12.1. The van der Waals surface area contributed by atoms with Gasteiger partial charge in [-0.05, 0) is 87.1 Å². The Bertz CT molecular complexity index is 3590. The first-order valence-corrected chi connectivity index (χ1v) is 20.7. The van der Waals surface area contributed by atoms with Crippen LogP contribution in [0.3, 0.4) is 0 Å². The molecule has 3 nitrogen and oxygen atoms in total. The highest BCUT2D eigenvalue weighted by Crippen LogP contribution is 2.48. The van der Waals surface area contributed by atoms with Crippen LogP contribution in [0, 0.1) is 0 Å². The standard InChI is InChI=1S/C58H37NO2/c1-2-15-39(16-3-1)43-23-12-17-40-18-13-24-48(57(40)43)44-19-4-8-27-52(44)59(42-34-31-38(32-35-42)41-33-36-56-51(37-41)47-22-7-10-29-54(47)60-56)53-28-9-5-20-45(53)49-25-14-26-50-46-21-6-11-30-55(46)61-58(49)50/h1-37H. The maximum Gasteiger partial charge on any atom is 0.143 e. The summed E-state index contributed by atoms with van der Waals surface area (Å²) in [5, 5.41) is 6.88. The second kappa shape index (κ2) is 14.3. The zero-order valence-corrected chi connectivity index (χ0v) is 33.1. The molecule has 0 atom stereocenters. The summed E-state index contributed by atoms with van der Waals surface area (Å²) >= 11 is 0. The molecule has 0 aliphatic carbocycles. The lowest BCUT2D eigenvalue weighted by Gasteiger charge is -2.30. The molecule has 0 unspecified atom stereocenters. The van der Waals surface area contributed by atoms with E-state index in [1.54, 1.807) is 0 Å². The van der Waals surface area contributed by atoms with Gasteiger partial charge in [0.25, 0.3) is 0 Å². The molecule has 2 aromatic heterocycles. The smallest absolute Gasteiger partial charge is 0.143 e. The van der Waals surface area contributed by atoms with Crippen LogP contribution in [0.4, 0.5) is 17.1 Å². The predicted molar refractivity (Wildman–Crippen MR) is 255 cm³/mol. The highest BCUT2D eigenvalue weighted by atomic mass is 16.3. The van der Waals surface area contributed by atoms with Gasteiger partial charge in [0, 0.05) is 43.9 Å². The fraction of sp³-hybridized carbons (Fsp3) is 0. The molecule has 10 aromatic carbocycles. The number of rotatable bonds is 7. The fourth-order valence-corrected chi connectivity index (χ4v) is 9.29.